The Kier molecular flexibility index (Phi) is 2.69. The summed E-state index contributed by atoms with van der Waals surface area (Å²) in [6.45, 7) is 1.06. The highest BCUT2D eigenvalue weighted by atomic mass is 79.9. The molecule has 0 aromatic carbocycles. The molecule has 4 heteroatoms. The molecule has 13 heavy (non-hydrogen) atoms. The molecule has 1 saturated carbocycles. The molecule has 1 aliphatic carbocycles. The molecular weight excluding hydrogens is 232 g/mol. The highest BCUT2D eigenvalue weighted by Gasteiger charge is 2.29. The van der Waals surface area contributed by atoms with Gasteiger partial charge < -0.3 is 5.11 Å². The predicted molar refractivity (Wildman–Crippen MR) is 53.6 cm³/mol. The van der Waals surface area contributed by atoms with Crippen LogP contribution in [0.3, 0.4) is 0 Å². The van der Waals surface area contributed by atoms with E-state index in [0.29, 0.717) is 5.92 Å². The van der Waals surface area contributed by atoms with Crippen LogP contribution >= 0.6 is 15.9 Å². The van der Waals surface area contributed by atoms with E-state index < -0.39 is 0 Å². The minimum absolute atomic E-state index is 0.238. The Balaban J connectivity index is 2.13. The minimum Gasteiger partial charge on any atom is -0.396 e. The van der Waals surface area contributed by atoms with Crippen molar-refractivity contribution in [1.82, 2.24) is 9.78 Å². The largest absolute Gasteiger partial charge is 0.396 e. The van der Waals surface area contributed by atoms with Crippen molar-refractivity contribution in [3.05, 3.63) is 16.4 Å². The van der Waals surface area contributed by atoms with Crippen molar-refractivity contribution < 1.29 is 5.11 Å². The highest BCUT2D eigenvalue weighted by Crippen LogP contribution is 2.43. The van der Waals surface area contributed by atoms with Crippen LogP contribution in [-0.4, -0.2) is 21.5 Å². The second-order valence-electron chi connectivity index (χ2n) is 3.45. The van der Waals surface area contributed by atoms with E-state index in [-0.39, 0.29) is 6.61 Å². The fraction of sp³-hybridized carbons (Fsp3) is 0.667. The number of rotatable bonds is 4. The monoisotopic (exact) mass is 244 g/mol. The van der Waals surface area contributed by atoms with E-state index in [1.807, 2.05) is 10.9 Å². The van der Waals surface area contributed by atoms with Gasteiger partial charge in [-0.25, -0.2) is 0 Å². The SMILES string of the molecule is OCCCn1ncc(Br)c1C1CC1. The van der Waals surface area contributed by atoms with Crippen LogP contribution in [0.5, 0.6) is 0 Å². The normalized spacial score (nSPS) is 16.5. The molecule has 0 radical (unpaired) electrons. The van der Waals surface area contributed by atoms with Crippen molar-refractivity contribution in [2.75, 3.05) is 6.61 Å². The molecule has 1 aromatic heterocycles. The quantitative estimate of drug-likeness (QED) is 0.879. The summed E-state index contributed by atoms with van der Waals surface area (Å²) in [6.07, 6.45) is 5.20. The number of hydrogen-bond acceptors (Lipinski definition) is 2. The zero-order valence-corrected chi connectivity index (χ0v) is 9.00. The molecule has 1 fully saturated rings. The number of nitrogens with zero attached hydrogens (tertiary/aromatic N) is 2. The van der Waals surface area contributed by atoms with E-state index in [4.69, 9.17) is 5.11 Å². The lowest BCUT2D eigenvalue weighted by Crippen LogP contribution is -2.05. The van der Waals surface area contributed by atoms with Gasteiger partial charge in [0, 0.05) is 19.1 Å². The number of aryl methyl sites for hydroxylation is 1. The first kappa shape index (κ1) is 9.21. The Morgan fingerprint density at radius 3 is 3.00 bits per heavy atom. The van der Waals surface area contributed by atoms with Gasteiger partial charge in [0.25, 0.3) is 0 Å². The van der Waals surface area contributed by atoms with E-state index in [1.165, 1.54) is 18.5 Å². The van der Waals surface area contributed by atoms with Crippen LogP contribution in [0.2, 0.25) is 0 Å². The minimum atomic E-state index is 0.238. The summed E-state index contributed by atoms with van der Waals surface area (Å²) < 4.78 is 3.13. The third-order valence-electron chi connectivity index (χ3n) is 2.33. The van der Waals surface area contributed by atoms with E-state index in [1.54, 1.807) is 0 Å². The van der Waals surface area contributed by atoms with Crippen LogP contribution in [0, 0.1) is 0 Å². The van der Waals surface area contributed by atoms with Crippen molar-refractivity contribution in [3.63, 3.8) is 0 Å². The predicted octanol–water partition coefficient (Wildman–Crippen LogP) is 1.91. The maximum atomic E-state index is 8.73. The van der Waals surface area contributed by atoms with Gasteiger partial charge in [0.05, 0.1) is 16.4 Å². The van der Waals surface area contributed by atoms with Gasteiger partial charge in [-0.2, -0.15) is 5.10 Å². The lowest BCUT2D eigenvalue weighted by atomic mass is 10.3. The molecular formula is C9H13BrN2O. The van der Waals surface area contributed by atoms with Gasteiger partial charge in [-0.1, -0.05) is 0 Å². The molecule has 1 N–H and O–H groups in total. The van der Waals surface area contributed by atoms with Crippen molar-refractivity contribution in [2.24, 2.45) is 0 Å². The van der Waals surface area contributed by atoms with Gasteiger partial charge in [0.15, 0.2) is 0 Å². The number of aromatic nitrogens is 2. The van der Waals surface area contributed by atoms with E-state index >= 15 is 0 Å². The molecule has 72 valence electrons. The molecule has 1 heterocycles. The van der Waals surface area contributed by atoms with Crippen LogP contribution in [0.1, 0.15) is 30.9 Å². The van der Waals surface area contributed by atoms with E-state index in [2.05, 4.69) is 21.0 Å². The number of hydrogen-bond donors (Lipinski definition) is 1. The second kappa shape index (κ2) is 3.80. The van der Waals surface area contributed by atoms with E-state index in [0.717, 1.165) is 17.4 Å². The number of halogens is 1. The first-order valence-corrected chi connectivity index (χ1v) is 5.44. The molecule has 0 bridgehead atoms. The van der Waals surface area contributed by atoms with Gasteiger partial charge in [-0.15, -0.1) is 0 Å². The summed E-state index contributed by atoms with van der Waals surface area (Å²) in [6, 6.07) is 0. The van der Waals surface area contributed by atoms with Gasteiger partial charge >= 0.3 is 0 Å². The molecule has 0 atom stereocenters. The Hall–Kier alpha value is -0.350. The Morgan fingerprint density at radius 1 is 1.62 bits per heavy atom. The Labute approximate surface area is 85.9 Å². The summed E-state index contributed by atoms with van der Waals surface area (Å²) in [5, 5.41) is 13.0. The maximum Gasteiger partial charge on any atom is 0.0635 e. The van der Waals surface area contributed by atoms with Crippen molar-refractivity contribution in [3.8, 4) is 0 Å². The van der Waals surface area contributed by atoms with Crippen molar-refractivity contribution in [2.45, 2.75) is 31.7 Å². The first-order valence-electron chi connectivity index (χ1n) is 4.65. The van der Waals surface area contributed by atoms with Gasteiger partial charge in [0.2, 0.25) is 0 Å². The lowest BCUT2D eigenvalue weighted by Gasteiger charge is -2.05. The van der Waals surface area contributed by atoms with Gasteiger partial charge in [-0.05, 0) is 35.2 Å². The lowest BCUT2D eigenvalue weighted by molar-refractivity contribution is 0.276. The van der Waals surface area contributed by atoms with Gasteiger partial charge in [0.1, 0.15) is 0 Å². The molecule has 0 spiro atoms. The highest BCUT2D eigenvalue weighted by molar-refractivity contribution is 9.10. The average Bonchev–Trinajstić information content (AvgIpc) is 2.88. The summed E-state index contributed by atoms with van der Waals surface area (Å²) in [4.78, 5) is 0. The summed E-state index contributed by atoms with van der Waals surface area (Å²) >= 11 is 3.50. The fourth-order valence-electron chi connectivity index (χ4n) is 1.53. The Morgan fingerprint density at radius 2 is 2.38 bits per heavy atom. The summed E-state index contributed by atoms with van der Waals surface area (Å²) in [5.74, 6) is 0.704. The zero-order chi connectivity index (χ0) is 9.26. The zero-order valence-electron chi connectivity index (χ0n) is 7.41. The number of aliphatic hydroxyl groups excluding tert-OH is 1. The standard InChI is InChI=1S/C9H13BrN2O/c10-8-6-11-12(4-1-5-13)9(8)7-2-3-7/h6-7,13H,1-5H2. The van der Waals surface area contributed by atoms with Crippen LogP contribution in [0.25, 0.3) is 0 Å². The molecule has 1 aliphatic rings. The molecule has 3 nitrogen and oxygen atoms in total. The van der Waals surface area contributed by atoms with Crippen LogP contribution in [0.15, 0.2) is 10.7 Å². The summed E-state index contributed by atoms with van der Waals surface area (Å²) in [5.41, 5.74) is 1.31. The molecule has 1 aromatic rings. The summed E-state index contributed by atoms with van der Waals surface area (Å²) in [7, 11) is 0. The fourth-order valence-corrected chi connectivity index (χ4v) is 2.15. The van der Waals surface area contributed by atoms with Crippen molar-refractivity contribution >= 4 is 15.9 Å². The van der Waals surface area contributed by atoms with Crippen molar-refractivity contribution in [1.29, 1.82) is 0 Å². The third-order valence-corrected chi connectivity index (χ3v) is 2.94. The van der Waals surface area contributed by atoms with Gasteiger partial charge in [-0.3, -0.25) is 4.68 Å². The first-order chi connectivity index (χ1) is 6.33. The molecule has 2 rings (SSSR count). The van der Waals surface area contributed by atoms with Crippen LogP contribution in [-0.2, 0) is 6.54 Å². The number of aliphatic hydroxyl groups is 1. The third kappa shape index (κ3) is 1.94. The Bertz CT molecular complexity index is 294. The molecule has 0 unspecified atom stereocenters. The maximum absolute atomic E-state index is 8.73. The molecule has 0 aliphatic heterocycles. The second-order valence-corrected chi connectivity index (χ2v) is 4.31. The molecule has 0 saturated heterocycles. The topological polar surface area (TPSA) is 38.0 Å². The van der Waals surface area contributed by atoms with E-state index in [9.17, 15) is 0 Å². The smallest absolute Gasteiger partial charge is 0.0635 e. The average molecular weight is 245 g/mol. The molecule has 0 amide bonds. The van der Waals surface area contributed by atoms with Crippen LogP contribution < -0.4 is 0 Å². The van der Waals surface area contributed by atoms with Crippen LogP contribution in [0.4, 0.5) is 0 Å².